The van der Waals surface area contributed by atoms with Crippen LogP contribution in [0.1, 0.15) is 251 Å². The van der Waals surface area contributed by atoms with E-state index >= 15 is 0 Å². The van der Waals surface area contributed by atoms with Gasteiger partial charge in [-0.1, -0.05) is 83.1 Å². The normalized spacial score (nSPS) is 15.0. The Labute approximate surface area is 895 Å². The Morgan fingerprint density at radius 2 is 0.418 bits per heavy atom. The molecule has 146 heavy (non-hydrogen) atoms. The fourth-order valence-corrected chi connectivity index (χ4v) is 23.3. The van der Waals surface area contributed by atoms with Crippen LogP contribution in [0.4, 0.5) is 22.7 Å². The second kappa shape index (κ2) is 41.4. The molecule has 4 atom stereocenters. The van der Waals surface area contributed by atoms with Crippen LogP contribution in [0.3, 0.4) is 0 Å². The van der Waals surface area contributed by atoms with Gasteiger partial charge in [0.25, 0.3) is 0 Å². The molecular weight excluding hydrogens is 2150 g/mol. The molecule has 2 aliphatic heterocycles. The van der Waals surface area contributed by atoms with Crippen molar-refractivity contribution in [2.75, 3.05) is 75.6 Å². The SMILES string of the molecule is CC(O)CC(C)O.CC(O)CC(C)O.CN(C)B1B(N(C)C)N(c2ccc(-n3c4cc(C(C)(C)C)ccc4c4ccc(C(C)(C)C)cc43)cc2)[C](=[Pt])N1c1[c-]cc(-n2c3cc(C(C)(C)C)ccc3c3ccc(C(C)(C)C)cc32)cc1.CN(C)B1B(N(C)C)N(c2ccc(-n3c4ccc(C(C)(C)C)cc4c4cc(C(C)(C)C)ccc43)cc2)[C](=[Pt])N1c1[c-]cc(-n2c3ccc(C(C)(C)C)cc3c3cc(C(C)(C)C)ccc32)cc1. The molecule has 2 saturated heterocycles. The predicted molar refractivity (Wildman–Crippen MR) is 624 cm³/mol. The van der Waals surface area contributed by atoms with E-state index in [1.54, 1.807) is 27.7 Å². The minimum absolute atomic E-state index is 0.00942. The number of benzene rings is 12. The zero-order valence-corrected chi connectivity index (χ0v) is 98.3. The van der Waals surface area contributed by atoms with Crippen LogP contribution in [0.2, 0.25) is 0 Å². The van der Waals surface area contributed by atoms with E-state index in [-0.39, 0.29) is 95.2 Å². The van der Waals surface area contributed by atoms with Crippen molar-refractivity contribution in [3.63, 3.8) is 0 Å². The van der Waals surface area contributed by atoms with Gasteiger partial charge in [0, 0.05) is 0 Å². The molecule has 16 aromatic rings. The van der Waals surface area contributed by atoms with Gasteiger partial charge in [0.05, 0.1) is 24.4 Å². The number of rotatable bonds is 16. The number of hydrogen-bond acceptors (Lipinski definition) is 12. The van der Waals surface area contributed by atoms with E-state index in [9.17, 15) is 0 Å². The van der Waals surface area contributed by atoms with Crippen molar-refractivity contribution >= 4 is 146 Å². The second-order valence-electron chi connectivity index (χ2n) is 50.4. The third-order valence-corrected chi connectivity index (χ3v) is 31.4. The van der Waals surface area contributed by atoms with Crippen LogP contribution >= 0.6 is 0 Å². The molecule has 12 aromatic carbocycles. The molecule has 6 heterocycles. The maximum atomic E-state index is 8.56. The third-order valence-electron chi connectivity index (χ3n) is 29.2. The van der Waals surface area contributed by atoms with Gasteiger partial charge in [0.1, 0.15) is 0 Å². The van der Waals surface area contributed by atoms with Gasteiger partial charge < -0.3 is 20.4 Å². The Bertz CT molecular complexity index is 6760. The van der Waals surface area contributed by atoms with Crippen molar-refractivity contribution in [3.8, 4) is 22.7 Å². The summed E-state index contributed by atoms with van der Waals surface area (Å²) in [6.45, 7) is 61.9. The summed E-state index contributed by atoms with van der Waals surface area (Å²) >= 11 is 5.09. The van der Waals surface area contributed by atoms with Crippen LogP contribution in [0.25, 0.3) is 110 Å². The fourth-order valence-electron chi connectivity index (χ4n) is 21.0. The molecule has 0 bridgehead atoms. The Balaban J connectivity index is 0.000000194. The number of hydrogen-bond donors (Lipinski definition) is 4. The second-order valence-corrected chi connectivity index (χ2v) is 52.5. The third kappa shape index (κ3) is 22.3. The van der Waals surface area contributed by atoms with Crippen molar-refractivity contribution in [1.29, 1.82) is 0 Å². The summed E-state index contributed by atoms with van der Waals surface area (Å²) in [7, 11) is 17.5. The molecule has 16 nitrogen and oxygen atoms in total. The Hall–Kier alpha value is -9.90. The van der Waals surface area contributed by atoms with Crippen LogP contribution in [0.15, 0.2) is 231 Å². The maximum absolute atomic E-state index is 8.56. The molecular formula is C124H158B4N12O4Pt2-2. The molecule has 4 N–H and O–H groups in total. The van der Waals surface area contributed by atoms with Crippen LogP contribution in [0, 0.1) is 12.1 Å². The Morgan fingerprint density at radius 3 is 0.616 bits per heavy atom. The summed E-state index contributed by atoms with van der Waals surface area (Å²) in [5.41, 5.74) is 29.7. The van der Waals surface area contributed by atoms with E-state index in [1.165, 1.54) is 132 Å². The number of fused-ring (bicyclic) bond motifs is 12. The molecule has 0 radical (unpaired) electrons. The number of aliphatic hydroxyl groups excluding tert-OH is 4. The van der Waals surface area contributed by atoms with Gasteiger partial charge in [-0.15, -0.1) is 0 Å². The first kappa shape index (κ1) is 110. The quantitative estimate of drug-likeness (QED) is 0.0543. The molecule has 0 amide bonds. The van der Waals surface area contributed by atoms with Crippen molar-refractivity contribution in [2.24, 2.45) is 0 Å². The first-order valence-corrected chi connectivity index (χ1v) is 54.4. The van der Waals surface area contributed by atoms with Gasteiger partial charge in [0.2, 0.25) is 0 Å². The standard InChI is InChI=1S/2C57H67B2N6.2C5H12O2.2Pt/c1-54(2,3)38-17-29-50-46(33-38)47-34-39(55(4,5)6)18-30-51(47)64(50)44-25-21-42(22-26-44)62-37-63(59(61(15)16)58(62)60(13)14)43-23-27-45(28-24-43)65-52-31-19-40(56(7,8)9)35-48(52)49-36-41(57(10,11)12)20-32-53(49)65;1-54(2,3)38-17-29-46-47-30-18-39(55(4,5)6)34-51(47)64(50(46)33-38)44-25-21-42(22-26-44)62-37-63(59(61(15)16)58(62)60(13)14)43-23-27-45(28-24-43)65-52-35-40(56(7,8)9)19-31-48(52)49-32-20-41(36-53(49)65)57(10,11)12;2*1-4(6)3-5(2)7;;/h2*17-23,25-36H,1-16H3;2*4-7H,3H2,1-2H3;;/q2*-1;;;;. The first-order chi connectivity index (χ1) is 67.9. The first-order valence-electron chi connectivity index (χ1n) is 52.1. The molecule has 4 unspecified atom stereocenters. The van der Waals surface area contributed by atoms with Crippen LogP contribution in [-0.2, 0) is 82.0 Å². The molecule has 18 rings (SSSR count). The van der Waals surface area contributed by atoms with Gasteiger partial charge >= 0.3 is 734 Å². The van der Waals surface area contributed by atoms with Gasteiger partial charge in [-0.05, 0) is 40.5 Å². The van der Waals surface area contributed by atoms with Crippen molar-refractivity contribution < 1.29 is 59.1 Å². The number of anilines is 4. The van der Waals surface area contributed by atoms with Gasteiger partial charge in [-0.2, -0.15) is 0 Å². The zero-order chi connectivity index (χ0) is 107. The number of aliphatic hydroxyl groups is 4. The molecule has 2 aliphatic rings. The zero-order valence-electron chi connectivity index (χ0n) is 93.8. The van der Waals surface area contributed by atoms with E-state index in [0.717, 1.165) is 53.8 Å². The van der Waals surface area contributed by atoms with Crippen LogP contribution < -0.4 is 19.2 Å². The van der Waals surface area contributed by atoms with E-state index in [4.69, 9.17) is 20.4 Å². The molecule has 2 fully saturated rings. The Morgan fingerprint density at radius 1 is 0.233 bits per heavy atom. The fraction of sp³-hybridized carbons (Fsp3) is 0.403. The average Bonchev–Trinajstić information content (AvgIpc) is 1.58. The van der Waals surface area contributed by atoms with Gasteiger partial charge in [-0.3, -0.25) is 0 Å². The summed E-state index contributed by atoms with van der Waals surface area (Å²) in [5, 5.41) is 44.6. The average molecular weight is 2310 g/mol. The van der Waals surface area contributed by atoms with E-state index in [0.29, 0.717) is 12.8 Å². The van der Waals surface area contributed by atoms with Gasteiger partial charge in [-0.25, -0.2) is 0 Å². The molecule has 0 saturated carbocycles. The van der Waals surface area contributed by atoms with Crippen molar-refractivity contribution in [2.45, 2.75) is 274 Å². The van der Waals surface area contributed by atoms with Crippen molar-refractivity contribution in [1.82, 2.24) is 37.5 Å². The summed E-state index contributed by atoms with van der Waals surface area (Å²) in [6, 6.07) is 95.9. The summed E-state index contributed by atoms with van der Waals surface area (Å²) in [4.78, 5) is 19.3. The molecule has 0 spiro atoms. The Kier molecular flexibility index (Phi) is 31.3. The number of nitrogens with zero attached hydrogens (tertiary/aromatic N) is 12. The van der Waals surface area contributed by atoms with E-state index in [2.05, 4.69) is 561 Å². The summed E-state index contributed by atoms with van der Waals surface area (Å²) < 4.78 is 12.1. The van der Waals surface area contributed by atoms with Gasteiger partial charge in [0.15, 0.2) is 0 Å². The van der Waals surface area contributed by atoms with Crippen molar-refractivity contribution in [3.05, 3.63) is 287 Å². The van der Waals surface area contributed by atoms with Crippen LogP contribution in [0.5, 0.6) is 0 Å². The van der Waals surface area contributed by atoms with E-state index in [1.807, 2.05) is 0 Å². The molecule has 0 aliphatic carbocycles. The van der Waals surface area contributed by atoms with E-state index < -0.39 is 0 Å². The monoisotopic (exact) mass is 2310 g/mol. The number of aromatic nitrogens is 4. The molecule has 772 valence electrons. The summed E-state index contributed by atoms with van der Waals surface area (Å²) in [6.07, 6.45) is -0.556. The molecule has 22 heteroatoms. The molecule has 4 aromatic heterocycles. The predicted octanol–water partition coefficient (Wildman–Crippen LogP) is 26.3. The minimum atomic E-state index is -0.375. The topological polar surface area (TPSA) is 127 Å². The van der Waals surface area contributed by atoms with Crippen LogP contribution in [-0.4, -0.2) is 175 Å². The summed E-state index contributed by atoms with van der Waals surface area (Å²) in [5.74, 6) is 0.